The molecule has 0 atom stereocenters. The van der Waals surface area contributed by atoms with Gasteiger partial charge in [0.15, 0.2) is 0 Å². The molecule has 10 nitrogen and oxygen atoms in total. The van der Waals surface area contributed by atoms with Crippen molar-refractivity contribution >= 4 is 34.9 Å². The fourth-order valence-electron chi connectivity index (χ4n) is 4.86. The average Bonchev–Trinajstić information content (AvgIpc) is 3.84. The lowest BCUT2D eigenvalue weighted by atomic mass is 10.1. The third kappa shape index (κ3) is 12.9. The highest BCUT2D eigenvalue weighted by atomic mass is 35.5. The molecule has 6 rings (SSSR count). The Bertz CT molecular complexity index is 2120. The van der Waals surface area contributed by atoms with Crippen LogP contribution in [-0.4, -0.2) is 39.4 Å². The molecule has 15 heteroatoms. The summed E-state index contributed by atoms with van der Waals surface area (Å²) >= 11 is 5.48. The first-order chi connectivity index (χ1) is 26.9. The summed E-state index contributed by atoms with van der Waals surface area (Å²) in [7, 11) is 2.60. The van der Waals surface area contributed by atoms with E-state index in [4.69, 9.17) is 26.2 Å². The second-order valence-corrected chi connectivity index (χ2v) is 11.8. The van der Waals surface area contributed by atoms with E-state index in [9.17, 15) is 27.2 Å². The first kappa shape index (κ1) is 42.3. The number of carbonyl (C=O) groups is 2. The molecule has 0 radical (unpaired) electrons. The standard InChI is InChI=1S/C21H19F2NO4.C13H11F2NO.C7H7ClO3/c1-13-16(11-19(27-13)20(25)26-2)12-24-17-7-3-14(4-8-17)15-5-9-18(10-6-15)28-21(22)23;14-13(15)17-12-7-3-10(4-8-12)9-1-5-11(16)6-2-9;1-10-7(9)6-2-5(3-8)4-11-6/h3-11,21,24H,12H2,1-2H3;1-8,13H,16H2;2,4H,3H2,1H3. The third-order valence-electron chi connectivity index (χ3n) is 7.71. The summed E-state index contributed by atoms with van der Waals surface area (Å²) < 4.78 is 76.3. The topological polar surface area (TPSA) is 135 Å². The van der Waals surface area contributed by atoms with Crippen molar-refractivity contribution < 1.29 is 54.9 Å². The number of furan rings is 2. The fraction of sp³-hybridized carbons (Fsp3) is 0.171. The van der Waals surface area contributed by atoms with E-state index in [-0.39, 0.29) is 23.0 Å². The molecule has 294 valence electrons. The maximum absolute atomic E-state index is 12.2. The zero-order chi connectivity index (χ0) is 40.6. The SMILES string of the molecule is COC(=O)c1cc(CCl)co1.COC(=O)c1cc(CNc2ccc(-c3ccc(OC(F)F)cc3)cc2)c(C)o1.Nc1ccc(-c2ccc(OC(F)F)cc2)cc1. The van der Waals surface area contributed by atoms with E-state index in [1.165, 1.54) is 44.7 Å². The number of hydrogen-bond acceptors (Lipinski definition) is 10. The van der Waals surface area contributed by atoms with Gasteiger partial charge in [-0.1, -0.05) is 48.5 Å². The van der Waals surface area contributed by atoms with Gasteiger partial charge in [0.2, 0.25) is 11.5 Å². The van der Waals surface area contributed by atoms with Crippen molar-refractivity contribution in [2.45, 2.75) is 32.6 Å². The summed E-state index contributed by atoms with van der Waals surface area (Å²) in [6.07, 6.45) is 1.43. The van der Waals surface area contributed by atoms with E-state index in [0.29, 0.717) is 23.9 Å². The monoisotopic (exact) mass is 796 g/mol. The van der Waals surface area contributed by atoms with Crippen LogP contribution in [0, 0.1) is 6.92 Å². The fourth-order valence-corrected chi connectivity index (χ4v) is 5.00. The van der Waals surface area contributed by atoms with Crippen molar-refractivity contribution in [1.82, 2.24) is 0 Å². The number of halogens is 5. The Labute approximate surface area is 324 Å². The Kier molecular flexibility index (Phi) is 15.8. The van der Waals surface area contributed by atoms with E-state index in [0.717, 1.165) is 39.1 Å². The van der Waals surface area contributed by atoms with Crippen molar-refractivity contribution in [1.29, 1.82) is 0 Å². The van der Waals surface area contributed by atoms with Crippen LogP contribution >= 0.6 is 11.6 Å². The normalized spacial score (nSPS) is 10.5. The number of nitrogen functional groups attached to an aromatic ring is 1. The average molecular weight is 797 g/mol. The second-order valence-electron chi connectivity index (χ2n) is 11.5. The molecular weight excluding hydrogens is 760 g/mol. The smallest absolute Gasteiger partial charge is 0.387 e. The number of rotatable bonds is 12. The molecule has 0 spiro atoms. The quantitative estimate of drug-likeness (QED) is 0.0533. The Morgan fingerprint density at radius 1 is 0.696 bits per heavy atom. The summed E-state index contributed by atoms with van der Waals surface area (Å²) in [4.78, 5) is 22.3. The predicted molar refractivity (Wildman–Crippen MR) is 203 cm³/mol. The van der Waals surface area contributed by atoms with Gasteiger partial charge < -0.3 is 38.8 Å². The van der Waals surface area contributed by atoms with Gasteiger partial charge in [0.1, 0.15) is 17.3 Å². The summed E-state index contributed by atoms with van der Waals surface area (Å²) in [6, 6.07) is 31.2. The minimum Gasteiger partial charge on any atom is -0.463 e. The molecule has 56 heavy (non-hydrogen) atoms. The Morgan fingerprint density at radius 2 is 1.14 bits per heavy atom. The number of anilines is 2. The number of aryl methyl sites for hydroxylation is 1. The van der Waals surface area contributed by atoms with Gasteiger partial charge >= 0.3 is 25.2 Å². The van der Waals surface area contributed by atoms with Crippen LogP contribution in [0.5, 0.6) is 11.5 Å². The van der Waals surface area contributed by atoms with Crippen molar-refractivity contribution in [2.75, 3.05) is 25.3 Å². The molecule has 0 aliphatic heterocycles. The molecule has 2 heterocycles. The van der Waals surface area contributed by atoms with Crippen molar-refractivity contribution in [3.63, 3.8) is 0 Å². The largest absolute Gasteiger partial charge is 0.463 e. The maximum Gasteiger partial charge on any atom is 0.387 e. The third-order valence-corrected chi connectivity index (χ3v) is 8.01. The highest BCUT2D eigenvalue weighted by molar-refractivity contribution is 6.17. The van der Waals surface area contributed by atoms with Crippen LogP contribution in [-0.2, 0) is 21.9 Å². The van der Waals surface area contributed by atoms with Crippen LogP contribution in [0.25, 0.3) is 22.3 Å². The number of ether oxygens (including phenoxy) is 4. The molecule has 2 aromatic heterocycles. The molecule has 0 aliphatic carbocycles. The van der Waals surface area contributed by atoms with Crippen LogP contribution in [0.15, 0.2) is 124 Å². The van der Waals surface area contributed by atoms with Crippen molar-refractivity contribution in [3.8, 4) is 33.8 Å². The van der Waals surface area contributed by atoms with Crippen LogP contribution in [0.2, 0.25) is 0 Å². The van der Waals surface area contributed by atoms with Crippen LogP contribution in [0.3, 0.4) is 0 Å². The van der Waals surface area contributed by atoms with Crippen LogP contribution < -0.4 is 20.5 Å². The molecule has 0 bridgehead atoms. The van der Waals surface area contributed by atoms with Gasteiger partial charge in [-0.25, -0.2) is 9.59 Å². The van der Waals surface area contributed by atoms with E-state index in [1.54, 1.807) is 55.5 Å². The summed E-state index contributed by atoms with van der Waals surface area (Å²) in [5.41, 5.74) is 12.5. The van der Waals surface area contributed by atoms with Gasteiger partial charge in [0.25, 0.3) is 0 Å². The molecule has 0 unspecified atom stereocenters. The maximum atomic E-state index is 12.2. The van der Waals surface area contributed by atoms with Crippen molar-refractivity contribution in [2.24, 2.45) is 0 Å². The van der Waals surface area contributed by atoms with Gasteiger partial charge in [0, 0.05) is 29.0 Å². The number of benzene rings is 4. The van der Waals surface area contributed by atoms with Gasteiger partial charge in [-0.3, -0.25) is 0 Å². The molecular formula is C41H37ClF4N2O8. The number of nitrogens with one attached hydrogen (secondary N) is 1. The zero-order valence-corrected chi connectivity index (χ0v) is 31.0. The first-order valence-electron chi connectivity index (χ1n) is 16.6. The Balaban J connectivity index is 0.000000210. The molecule has 0 aliphatic rings. The molecule has 0 saturated heterocycles. The molecule has 0 saturated carbocycles. The summed E-state index contributed by atoms with van der Waals surface area (Å²) in [5, 5.41) is 3.27. The van der Waals surface area contributed by atoms with E-state index in [2.05, 4.69) is 24.3 Å². The number of alkyl halides is 5. The summed E-state index contributed by atoms with van der Waals surface area (Å²) in [6.45, 7) is -3.35. The summed E-state index contributed by atoms with van der Waals surface area (Å²) in [5.74, 6) is 0.619. The van der Waals surface area contributed by atoms with Crippen molar-refractivity contribution in [3.05, 3.63) is 144 Å². The molecule has 6 aromatic rings. The van der Waals surface area contributed by atoms with E-state index >= 15 is 0 Å². The van der Waals surface area contributed by atoms with Crippen LogP contribution in [0.1, 0.15) is 38.0 Å². The highest BCUT2D eigenvalue weighted by Crippen LogP contribution is 2.26. The molecule has 3 N–H and O–H groups in total. The lowest BCUT2D eigenvalue weighted by molar-refractivity contribution is -0.0505. The molecule has 0 amide bonds. The van der Waals surface area contributed by atoms with Gasteiger partial charge in [0.05, 0.1) is 26.4 Å². The lowest BCUT2D eigenvalue weighted by Crippen LogP contribution is -2.01. The zero-order valence-electron chi connectivity index (χ0n) is 30.3. The lowest BCUT2D eigenvalue weighted by Gasteiger charge is -2.08. The van der Waals surface area contributed by atoms with Gasteiger partial charge in [-0.15, -0.1) is 11.6 Å². The number of nitrogens with two attached hydrogens (primary N) is 1. The molecule has 4 aromatic carbocycles. The minimum absolute atomic E-state index is 0.124. The molecule has 0 fully saturated rings. The Morgan fingerprint density at radius 3 is 1.57 bits per heavy atom. The second kappa shape index (κ2) is 20.9. The number of carbonyl (C=O) groups excluding carboxylic acids is 2. The minimum atomic E-state index is -2.83. The van der Waals surface area contributed by atoms with Gasteiger partial charge in [-0.2, -0.15) is 17.6 Å². The van der Waals surface area contributed by atoms with E-state index in [1.807, 2.05) is 36.4 Å². The van der Waals surface area contributed by atoms with E-state index < -0.39 is 25.2 Å². The number of methoxy groups -OCH3 is 2. The number of esters is 2. The predicted octanol–water partition coefficient (Wildman–Crippen LogP) is 10.6. The first-order valence-corrected chi connectivity index (χ1v) is 17.1. The van der Waals surface area contributed by atoms with Crippen LogP contribution in [0.4, 0.5) is 28.9 Å². The highest BCUT2D eigenvalue weighted by Gasteiger charge is 2.15. The number of hydrogen-bond donors (Lipinski definition) is 2. The van der Waals surface area contributed by atoms with Gasteiger partial charge in [-0.05, 0) is 89.8 Å². The Hall–Kier alpha value is -6.41.